The monoisotopic (exact) mass is 136 g/mol. The molecule has 0 spiro atoms. The molecule has 9 heavy (non-hydrogen) atoms. The Labute approximate surface area is 55.0 Å². The summed E-state index contributed by atoms with van der Waals surface area (Å²) in [4.78, 5) is 0. The SMILES string of the molecule is N#CS1(C#N)C=CC=C1. The first-order valence-electron chi connectivity index (χ1n) is 2.33. The lowest BCUT2D eigenvalue weighted by molar-refractivity contribution is 1.55. The maximum atomic E-state index is 8.48. The summed E-state index contributed by atoms with van der Waals surface area (Å²) in [5.74, 6) is 0. The van der Waals surface area contributed by atoms with Gasteiger partial charge in [0.05, 0.1) is 0 Å². The van der Waals surface area contributed by atoms with Gasteiger partial charge in [-0.1, -0.05) is 12.2 Å². The van der Waals surface area contributed by atoms with Crippen LogP contribution < -0.4 is 0 Å². The molecule has 0 N–H and O–H groups in total. The number of rotatable bonds is 0. The Morgan fingerprint density at radius 2 is 1.44 bits per heavy atom. The molecule has 1 aliphatic heterocycles. The lowest BCUT2D eigenvalue weighted by Crippen LogP contribution is -1.76. The predicted octanol–water partition coefficient (Wildman–Crippen LogP) is 1.79. The number of nitrogens with zero attached hydrogens (tertiary/aromatic N) is 2. The van der Waals surface area contributed by atoms with Gasteiger partial charge in [0.25, 0.3) is 0 Å². The van der Waals surface area contributed by atoms with Gasteiger partial charge >= 0.3 is 0 Å². The van der Waals surface area contributed by atoms with Crippen molar-refractivity contribution < 1.29 is 0 Å². The predicted molar refractivity (Wildman–Crippen MR) is 37.1 cm³/mol. The first-order valence-corrected chi connectivity index (χ1v) is 4.09. The molecule has 0 amide bonds. The van der Waals surface area contributed by atoms with Gasteiger partial charge in [0.2, 0.25) is 0 Å². The molecular weight excluding hydrogens is 132 g/mol. The van der Waals surface area contributed by atoms with Gasteiger partial charge in [0.1, 0.15) is 10.8 Å². The molecule has 0 saturated heterocycles. The molecule has 3 heteroatoms. The molecule has 0 atom stereocenters. The molecule has 1 rings (SSSR count). The third-order valence-corrected chi connectivity index (χ3v) is 2.78. The standard InChI is InChI=1S/C6H4N2S/c7-5-9(6-8)3-1-2-4-9/h1-4H. The highest BCUT2D eigenvalue weighted by Gasteiger charge is 2.17. The number of thiocyanates is 2. The van der Waals surface area contributed by atoms with E-state index in [4.69, 9.17) is 10.5 Å². The summed E-state index contributed by atoms with van der Waals surface area (Å²) in [5, 5.41) is 24.2. The molecule has 2 nitrogen and oxygen atoms in total. The molecule has 0 radical (unpaired) electrons. The van der Waals surface area contributed by atoms with E-state index in [9.17, 15) is 0 Å². The lowest BCUT2D eigenvalue weighted by atomic mass is 10.6. The lowest BCUT2D eigenvalue weighted by Gasteiger charge is -2.07. The van der Waals surface area contributed by atoms with E-state index < -0.39 is 10.0 Å². The van der Waals surface area contributed by atoms with Gasteiger partial charge in [0.15, 0.2) is 0 Å². The van der Waals surface area contributed by atoms with Crippen molar-refractivity contribution >= 4 is 10.0 Å². The molecule has 0 aliphatic carbocycles. The Hall–Kier alpha value is -1.19. The van der Waals surface area contributed by atoms with Crippen molar-refractivity contribution in [3.05, 3.63) is 23.0 Å². The van der Waals surface area contributed by atoms with Crippen LogP contribution in [-0.2, 0) is 0 Å². The van der Waals surface area contributed by atoms with E-state index in [0.717, 1.165) is 0 Å². The topological polar surface area (TPSA) is 47.6 Å². The summed E-state index contributed by atoms with van der Waals surface area (Å²) in [6, 6.07) is 0. The van der Waals surface area contributed by atoms with E-state index in [-0.39, 0.29) is 0 Å². The summed E-state index contributed by atoms with van der Waals surface area (Å²) in [7, 11) is -1.79. The highest BCUT2D eigenvalue weighted by Crippen LogP contribution is 2.51. The third-order valence-electron chi connectivity index (χ3n) is 1.000. The fourth-order valence-electron chi connectivity index (χ4n) is 0.526. The molecule has 0 saturated carbocycles. The van der Waals surface area contributed by atoms with Crippen molar-refractivity contribution in [1.29, 1.82) is 10.5 Å². The van der Waals surface area contributed by atoms with Crippen LogP contribution >= 0.6 is 10.0 Å². The summed E-state index contributed by atoms with van der Waals surface area (Å²) in [6.45, 7) is 0. The van der Waals surface area contributed by atoms with Crippen LogP contribution in [0.4, 0.5) is 0 Å². The highest BCUT2D eigenvalue weighted by atomic mass is 32.3. The Kier molecular flexibility index (Phi) is 1.30. The van der Waals surface area contributed by atoms with Crippen molar-refractivity contribution in [3.63, 3.8) is 0 Å². The summed E-state index contributed by atoms with van der Waals surface area (Å²) < 4.78 is 0. The van der Waals surface area contributed by atoms with Crippen molar-refractivity contribution in [2.75, 3.05) is 0 Å². The number of nitriles is 2. The van der Waals surface area contributed by atoms with Gasteiger partial charge in [-0.05, 0) is 20.8 Å². The maximum absolute atomic E-state index is 8.48. The normalized spacial score (nSPS) is 22.4. The average molecular weight is 136 g/mol. The molecule has 0 aromatic heterocycles. The minimum absolute atomic E-state index is 1.66. The summed E-state index contributed by atoms with van der Waals surface area (Å²) in [6.07, 6.45) is 3.48. The van der Waals surface area contributed by atoms with Crippen molar-refractivity contribution in [1.82, 2.24) is 0 Å². The van der Waals surface area contributed by atoms with Gasteiger partial charge in [-0.2, -0.15) is 10.5 Å². The average Bonchev–Trinajstić information content (AvgIpc) is 2.36. The first-order chi connectivity index (χ1) is 4.33. The molecule has 0 aromatic carbocycles. The molecule has 1 heterocycles. The molecular formula is C6H4N2S. The second-order valence-electron chi connectivity index (χ2n) is 1.55. The summed E-state index contributed by atoms with van der Waals surface area (Å²) >= 11 is 0. The zero-order chi connectivity index (χ0) is 6.74. The van der Waals surface area contributed by atoms with Gasteiger partial charge in [-0.15, -0.1) is 0 Å². The summed E-state index contributed by atoms with van der Waals surface area (Å²) in [5.41, 5.74) is 0. The van der Waals surface area contributed by atoms with Crippen molar-refractivity contribution in [2.45, 2.75) is 0 Å². The molecule has 44 valence electrons. The van der Waals surface area contributed by atoms with E-state index in [2.05, 4.69) is 0 Å². The van der Waals surface area contributed by atoms with Gasteiger partial charge in [0, 0.05) is 0 Å². The van der Waals surface area contributed by atoms with E-state index in [1.807, 2.05) is 10.8 Å². The number of hydrogen-bond donors (Lipinski definition) is 0. The number of allylic oxidation sites excluding steroid dienone is 2. The quantitative estimate of drug-likeness (QED) is 0.476. The van der Waals surface area contributed by atoms with Crippen LogP contribution in [0.3, 0.4) is 0 Å². The molecule has 0 unspecified atom stereocenters. The van der Waals surface area contributed by atoms with Crippen LogP contribution in [0.2, 0.25) is 0 Å². The van der Waals surface area contributed by atoms with Crippen LogP contribution in [0.1, 0.15) is 0 Å². The van der Waals surface area contributed by atoms with E-state index >= 15 is 0 Å². The fourth-order valence-corrected chi connectivity index (χ4v) is 1.58. The maximum Gasteiger partial charge on any atom is 0.134 e. The first kappa shape index (κ1) is 5.94. The van der Waals surface area contributed by atoms with E-state index in [1.54, 1.807) is 23.0 Å². The van der Waals surface area contributed by atoms with Crippen LogP contribution in [0.15, 0.2) is 23.0 Å². The largest absolute Gasteiger partial charge is 0.185 e. The van der Waals surface area contributed by atoms with Crippen molar-refractivity contribution in [3.8, 4) is 10.8 Å². The van der Waals surface area contributed by atoms with Gasteiger partial charge in [-0.3, -0.25) is 0 Å². The Morgan fingerprint density at radius 3 is 1.67 bits per heavy atom. The van der Waals surface area contributed by atoms with Gasteiger partial charge < -0.3 is 0 Å². The number of hydrogen-bond acceptors (Lipinski definition) is 2. The molecule has 0 bridgehead atoms. The zero-order valence-corrected chi connectivity index (χ0v) is 5.43. The molecule has 1 aliphatic rings. The second kappa shape index (κ2) is 1.97. The van der Waals surface area contributed by atoms with Crippen LogP contribution in [0, 0.1) is 21.3 Å². The van der Waals surface area contributed by atoms with E-state index in [0.29, 0.717) is 0 Å². The minimum atomic E-state index is -1.79. The Morgan fingerprint density at radius 1 is 1.00 bits per heavy atom. The smallest absolute Gasteiger partial charge is 0.134 e. The highest BCUT2D eigenvalue weighted by molar-refractivity contribution is 8.45. The van der Waals surface area contributed by atoms with Crippen LogP contribution in [0.25, 0.3) is 0 Å². The second-order valence-corrected chi connectivity index (χ2v) is 3.88. The Balaban J connectivity index is 3.03. The van der Waals surface area contributed by atoms with Crippen molar-refractivity contribution in [2.24, 2.45) is 0 Å². The Bertz CT molecular complexity index is 223. The van der Waals surface area contributed by atoms with Crippen LogP contribution in [-0.4, -0.2) is 0 Å². The molecule has 0 aromatic rings. The van der Waals surface area contributed by atoms with E-state index in [1.165, 1.54) is 0 Å². The molecule has 0 fully saturated rings. The van der Waals surface area contributed by atoms with Gasteiger partial charge in [-0.25, -0.2) is 0 Å². The van der Waals surface area contributed by atoms with Crippen LogP contribution in [0.5, 0.6) is 0 Å². The minimum Gasteiger partial charge on any atom is -0.185 e. The third kappa shape index (κ3) is 0.826. The fraction of sp³-hybridized carbons (Fsp3) is 0. The zero-order valence-electron chi connectivity index (χ0n) is 4.61.